The zero-order valence-electron chi connectivity index (χ0n) is 9.39. The Bertz CT molecular complexity index is 435. The van der Waals surface area contributed by atoms with Crippen LogP contribution in [0.1, 0.15) is 6.92 Å². The van der Waals surface area contributed by atoms with Gasteiger partial charge in [-0.3, -0.25) is 5.01 Å². The van der Waals surface area contributed by atoms with Gasteiger partial charge >= 0.3 is 5.97 Å². The van der Waals surface area contributed by atoms with E-state index in [2.05, 4.69) is 21.4 Å². The SMILES string of the molecule is CCOC(=O)C1(Br)C=CN(c2ccccc2)N1. The molecule has 17 heavy (non-hydrogen) atoms. The van der Waals surface area contributed by atoms with Crippen LogP contribution < -0.4 is 10.4 Å². The van der Waals surface area contributed by atoms with Crippen LogP contribution in [0.2, 0.25) is 0 Å². The summed E-state index contributed by atoms with van der Waals surface area (Å²) in [5.74, 6) is -0.352. The summed E-state index contributed by atoms with van der Waals surface area (Å²) < 4.78 is 4.01. The zero-order chi connectivity index (χ0) is 12.3. The number of esters is 1. The number of hydrogen-bond donors (Lipinski definition) is 1. The lowest BCUT2D eigenvalue weighted by molar-refractivity contribution is -0.145. The van der Waals surface area contributed by atoms with Crippen molar-refractivity contribution in [1.82, 2.24) is 5.43 Å². The molecule has 90 valence electrons. The number of anilines is 1. The first-order valence-electron chi connectivity index (χ1n) is 5.33. The average molecular weight is 297 g/mol. The summed E-state index contributed by atoms with van der Waals surface area (Å²) in [4.78, 5) is 11.7. The Morgan fingerprint density at radius 3 is 2.82 bits per heavy atom. The fourth-order valence-corrected chi connectivity index (χ4v) is 1.94. The highest BCUT2D eigenvalue weighted by atomic mass is 79.9. The first kappa shape index (κ1) is 12.1. The normalized spacial score (nSPS) is 22.8. The lowest BCUT2D eigenvalue weighted by Gasteiger charge is -2.24. The number of rotatable bonds is 3. The van der Waals surface area contributed by atoms with E-state index in [1.165, 1.54) is 0 Å². The Morgan fingerprint density at radius 1 is 1.47 bits per heavy atom. The van der Waals surface area contributed by atoms with Gasteiger partial charge in [0.05, 0.1) is 12.3 Å². The molecule has 1 atom stereocenters. The highest BCUT2D eigenvalue weighted by Gasteiger charge is 2.39. The summed E-state index contributed by atoms with van der Waals surface area (Å²) >= 11 is 3.34. The van der Waals surface area contributed by atoms with E-state index in [9.17, 15) is 4.79 Å². The van der Waals surface area contributed by atoms with Crippen LogP contribution in [0, 0.1) is 0 Å². The van der Waals surface area contributed by atoms with Crippen molar-refractivity contribution in [3.8, 4) is 0 Å². The predicted molar refractivity (Wildman–Crippen MR) is 69.5 cm³/mol. The minimum Gasteiger partial charge on any atom is -0.464 e. The largest absolute Gasteiger partial charge is 0.464 e. The number of hydrogen-bond acceptors (Lipinski definition) is 4. The van der Waals surface area contributed by atoms with Crippen molar-refractivity contribution >= 4 is 27.6 Å². The van der Waals surface area contributed by atoms with E-state index >= 15 is 0 Å². The second kappa shape index (κ2) is 4.89. The number of hydrazine groups is 1. The van der Waals surface area contributed by atoms with Gasteiger partial charge < -0.3 is 4.74 Å². The van der Waals surface area contributed by atoms with Crippen molar-refractivity contribution in [2.24, 2.45) is 0 Å². The maximum Gasteiger partial charge on any atom is 0.343 e. The summed E-state index contributed by atoms with van der Waals surface area (Å²) in [6, 6.07) is 9.70. The topological polar surface area (TPSA) is 41.6 Å². The van der Waals surface area contributed by atoms with Crippen molar-refractivity contribution in [2.75, 3.05) is 11.6 Å². The standard InChI is InChI=1S/C12H13BrN2O2/c1-2-17-11(16)12(13)8-9-15(14-12)10-6-4-3-5-7-10/h3-9,14H,2H2,1H3. The maximum atomic E-state index is 11.7. The number of carbonyl (C=O) groups excluding carboxylic acids is 1. The molecular formula is C12H13BrN2O2. The molecule has 0 saturated heterocycles. The Hall–Kier alpha value is -1.33. The quantitative estimate of drug-likeness (QED) is 0.527. The zero-order valence-corrected chi connectivity index (χ0v) is 11.0. The van der Waals surface area contributed by atoms with Crippen LogP contribution in [0.3, 0.4) is 0 Å². The molecular weight excluding hydrogens is 284 g/mol. The Labute approximate surface area is 108 Å². The summed E-state index contributed by atoms with van der Waals surface area (Å²) in [5, 5.41) is 1.77. The highest BCUT2D eigenvalue weighted by molar-refractivity contribution is 9.10. The molecule has 0 spiro atoms. The smallest absolute Gasteiger partial charge is 0.343 e. The molecule has 1 aromatic carbocycles. The van der Waals surface area contributed by atoms with E-state index in [4.69, 9.17) is 4.74 Å². The van der Waals surface area contributed by atoms with Crippen LogP contribution in [0.25, 0.3) is 0 Å². The first-order chi connectivity index (χ1) is 8.15. The van der Waals surface area contributed by atoms with Crippen LogP contribution in [0.15, 0.2) is 42.6 Å². The van der Waals surface area contributed by atoms with Crippen LogP contribution in [-0.4, -0.2) is 17.0 Å². The van der Waals surface area contributed by atoms with Crippen LogP contribution in [-0.2, 0) is 9.53 Å². The molecule has 1 N–H and O–H groups in total. The number of para-hydroxylation sites is 1. The molecule has 0 radical (unpaired) electrons. The van der Waals surface area contributed by atoms with Gasteiger partial charge in [0.15, 0.2) is 0 Å². The number of nitrogens with zero attached hydrogens (tertiary/aromatic N) is 1. The Kier molecular flexibility index (Phi) is 3.49. The van der Waals surface area contributed by atoms with E-state index < -0.39 is 4.45 Å². The third-order valence-electron chi connectivity index (χ3n) is 2.34. The van der Waals surface area contributed by atoms with Crippen molar-refractivity contribution < 1.29 is 9.53 Å². The Balaban J connectivity index is 2.11. The van der Waals surface area contributed by atoms with E-state index in [0.717, 1.165) is 5.69 Å². The number of halogens is 1. The monoisotopic (exact) mass is 296 g/mol. The molecule has 1 aromatic rings. The number of alkyl halides is 1. The second-order valence-corrected chi connectivity index (χ2v) is 4.82. The number of ether oxygens (including phenoxy) is 1. The van der Waals surface area contributed by atoms with Crippen molar-refractivity contribution in [2.45, 2.75) is 11.4 Å². The molecule has 0 fully saturated rings. The molecule has 0 aromatic heterocycles. The molecule has 0 aliphatic carbocycles. The van der Waals surface area contributed by atoms with E-state index in [0.29, 0.717) is 6.61 Å². The van der Waals surface area contributed by atoms with Crippen LogP contribution in [0.4, 0.5) is 5.69 Å². The first-order valence-corrected chi connectivity index (χ1v) is 6.12. The van der Waals surface area contributed by atoms with Gasteiger partial charge in [0.25, 0.3) is 0 Å². The molecule has 1 heterocycles. The van der Waals surface area contributed by atoms with Crippen LogP contribution in [0.5, 0.6) is 0 Å². The summed E-state index contributed by atoms with van der Waals surface area (Å²) in [5.41, 5.74) is 3.99. The molecule has 0 saturated carbocycles. The second-order valence-electron chi connectivity index (χ2n) is 3.57. The predicted octanol–water partition coefficient (Wildman–Crippen LogP) is 2.18. The van der Waals surface area contributed by atoms with Gasteiger partial charge in [-0.15, -0.1) is 0 Å². The van der Waals surface area contributed by atoms with Gasteiger partial charge in [-0.25, -0.2) is 4.79 Å². The van der Waals surface area contributed by atoms with Gasteiger partial charge in [0.1, 0.15) is 0 Å². The number of carbonyl (C=O) groups is 1. The molecule has 0 bridgehead atoms. The van der Waals surface area contributed by atoms with Crippen molar-refractivity contribution in [1.29, 1.82) is 0 Å². The third kappa shape index (κ3) is 2.50. The van der Waals surface area contributed by atoms with E-state index in [-0.39, 0.29) is 5.97 Å². The van der Waals surface area contributed by atoms with E-state index in [1.54, 1.807) is 24.2 Å². The van der Waals surface area contributed by atoms with Gasteiger partial charge in [0.2, 0.25) is 4.45 Å². The lowest BCUT2D eigenvalue weighted by atomic mass is 10.3. The van der Waals surface area contributed by atoms with Crippen molar-refractivity contribution in [3.05, 3.63) is 42.6 Å². The number of benzene rings is 1. The summed E-state index contributed by atoms with van der Waals surface area (Å²) in [7, 11) is 0. The number of nitrogens with one attached hydrogen (secondary N) is 1. The van der Waals surface area contributed by atoms with Gasteiger partial charge in [-0.2, -0.15) is 5.43 Å². The van der Waals surface area contributed by atoms with Crippen molar-refractivity contribution in [3.63, 3.8) is 0 Å². The molecule has 2 rings (SSSR count). The molecule has 5 heteroatoms. The minimum atomic E-state index is -0.973. The van der Waals surface area contributed by atoms with Gasteiger partial charge in [-0.1, -0.05) is 18.2 Å². The molecule has 1 aliphatic heterocycles. The maximum absolute atomic E-state index is 11.7. The van der Waals surface area contributed by atoms with Gasteiger partial charge in [0, 0.05) is 6.20 Å². The van der Waals surface area contributed by atoms with Gasteiger partial charge in [-0.05, 0) is 41.1 Å². The fourth-order valence-electron chi connectivity index (χ4n) is 1.52. The average Bonchev–Trinajstić information content (AvgIpc) is 2.75. The molecule has 1 aliphatic rings. The summed E-state index contributed by atoms with van der Waals surface area (Å²) in [6.45, 7) is 2.13. The highest BCUT2D eigenvalue weighted by Crippen LogP contribution is 2.27. The molecule has 1 unspecified atom stereocenters. The minimum absolute atomic E-state index is 0.352. The molecule has 0 amide bonds. The van der Waals surface area contributed by atoms with Crippen LogP contribution >= 0.6 is 15.9 Å². The van der Waals surface area contributed by atoms with E-state index in [1.807, 2.05) is 30.3 Å². The summed E-state index contributed by atoms with van der Waals surface area (Å²) in [6.07, 6.45) is 3.51. The lowest BCUT2D eigenvalue weighted by Crippen LogP contribution is -2.48. The third-order valence-corrected chi connectivity index (χ3v) is 3.11. The fraction of sp³-hybridized carbons (Fsp3) is 0.250. The molecule has 4 nitrogen and oxygen atoms in total. The Morgan fingerprint density at radius 2 is 2.18 bits per heavy atom.